The summed E-state index contributed by atoms with van der Waals surface area (Å²) in [6.07, 6.45) is -3.78. The minimum atomic E-state index is -4.19. The highest BCUT2D eigenvalue weighted by Gasteiger charge is 2.40. The van der Waals surface area contributed by atoms with Crippen LogP contribution in [0.2, 0.25) is 0 Å². The van der Waals surface area contributed by atoms with E-state index >= 15 is 0 Å². The van der Waals surface area contributed by atoms with Gasteiger partial charge >= 0.3 is 12.3 Å². The number of thiophene rings is 1. The zero-order valence-corrected chi connectivity index (χ0v) is 9.08. The van der Waals surface area contributed by atoms with Crippen molar-refractivity contribution in [3.05, 3.63) is 21.9 Å². The third-order valence-corrected chi connectivity index (χ3v) is 2.89. The van der Waals surface area contributed by atoms with Crippen LogP contribution in [0.15, 0.2) is 11.4 Å². The molecule has 7 heteroatoms. The quantitative estimate of drug-likeness (QED) is 0.823. The van der Waals surface area contributed by atoms with Gasteiger partial charge in [-0.15, -0.1) is 11.3 Å². The van der Waals surface area contributed by atoms with Gasteiger partial charge in [0.25, 0.3) is 5.91 Å². The Morgan fingerprint density at radius 2 is 2.19 bits per heavy atom. The fourth-order valence-corrected chi connectivity index (χ4v) is 1.80. The topological polar surface area (TPSA) is 29.1 Å². The molecule has 0 saturated heterocycles. The van der Waals surface area contributed by atoms with Crippen molar-refractivity contribution in [1.82, 2.24) is 5.32 Å². The molecule has 1 aromatic heterocycles. The summed E-state index contributed by atoms with van der Waals surface area (Å²) >= 11 is 1.07. The second kappa shape index (κ2) is 4.82. The van der Waals surface area contributed by atoms with E-state index in [1.165, 1.54) is 0 Å². The standard InChI is InChI=1S/C9H9F4NOS/c1-5-2-3-16-6(5)7(15)14-4-9(12,13)8(10)11/h2-3,8H,4H2,1H3,(H,14,15). The lowest BCUT2D eigenvalue weighted by Crippen LogP contribution is -2.41. The van der Waals surface area contributed by atoms with Crippen molar-refractivity contribution in [1.29, 1.82) is 0 Å². The third-order valence-electron chi connectivity index (χ3n) is 1.87. The van der Waals surface area contributed by atoms with E-state index in [0.717, 1.165) is 11.3 Å². The van der Waals surface area contributed by atoms with Crippen LogP contribution in [0.1, 0.15) is 15.2 Å². The van der Waals surface area contributed by atoms with E-state index in [1.54, 1.807) is 23.7 Å². The number of carbonyl (C=O) groups excluding carboxylic acids is 1. The minimum Gasteiger partial charge on any atom is -0.345 e. The highest BCUT2D eigenvalue weighted by Crippen LogP contribution is 2.22. The molecule has 1 amide bonds. The van der Waals surface area contributed by atoms with E-state index < -0.39 is 24.8 Å². The molecule has 0 saturated carbocycles. The molecule has 0 fully saturated rings. The van der Waals surface area contributed by atoms with E-state index in [-0.39, 0.29) is 4.88 Å². The van der Waals surface area contributed by atoms with E-state index in [4.69, 9.17) is 0 Å². The molecule has 0 radical (unpaired) electrons. The number of halogens is 4. The van der Waals surface area contributed by atoms with Gasteiger partial charge in [-0.3, -0.25) is 4.79 Å². The van der Waals surface area contributed by atoms with Crippen LogP contribution in [0.5, 0.6) is 0 Å². The lowest BCUT2D eigenvalue weighted by molar-refractivity contribution is -0.123. The average molecular weight is 255 g/mol. The van der Waals surface area contributed by atoms with Gasteiger partial charge in [0.2, 0.25) is 0 Å². The summed E-state index contributed by atoms with van der Waals surface area (Å²) < 4.78 is 48.5. The molecule has 0 aromatic carbocycles. The summed E-state index contributed by atoms with van der Waals surface area (Å²) in [6, 6.07) is 1.64. The zero-order valence-electron chi connectivity index (χ0n) is 8.27. The Morgan fingerprint density at radius 1 is 1.56 bits per heavy atom. The smallest absolute Gasteiger partial charge is 0.324 e. The molecule has 0 unspecified atom stereocenters. The summed E-state index contributed by atoms with van der Waals surface area (Å²) in [5.41, 5.74) is 0.628. The molecule has 90 valence electrons. The molecule has 0 aliphatic carbocycles. The molecule has 0 atom stereocenters. The SMILES string of the molecule is Cc1ccsc1C(=O)NCC(F)(F)C(F)F. The highest BCUT2D eigenvalue weighted by atomic mass is 32.1. The maximum Gasteiger partial charge on any atom is 0.324 e. The summed E-state index contributed by atoms with van der Waals surface area (Å²) in [5, 5.41) is 3.41. The van der Waals surface area contributed by atoms with Crippen molar-refractivity contribution < 1.29 is 22.4 Å². The van der Waals surface area contributed by atoms with Crippen LogP contribution in [-0.4, -0.2) is 24.8 Å². The number of amides is 1. The monoisotopic (exact) mass is 255 g/mol. The van der Waals surface area contributed by atoms with Gasteiger partial charge in [-0.2, -0.15) is 8.78 Å². The lowest BCUT2D eigenvalue weighted by Gasteiger charge is -2.15. The molecule has 2 nitrogen and oxygen atoms in total. The van der Waals surface area contributed by atoms with Crippen LogP contribution in [0, 0.1) is 6.92 Å². The van der Waals surface area contributed by atoms with E-state index in [9.17, 15) is 22.4 Å². The van der Waals surface area contributed by atoms with Crippen molar-refractivity contribution in [2.24, 2.45) is 0 Å². The molecule has 16 heavy (non-hydrogen) atoms. The van der Waals surface area contributed by atoms with Gasteiger partial charge in [-0.1, -0.05) is 0 Å². The number of hydrogen-bond acceptors (Lipinski definition) is 2. The van der Waals surface area contributed by atoms with Crippen LogP contribution >= 0.6 is 11.3 Å². The first kappa shape index (κ1) is 13.0. The molecule has 0 aliphatic heterocycles. The molecule has 0 spiro atoms. The number of alkyl halides is 4. The van der Waals surface area contributed by atoms with Gasteiger partial charge in [0, 0.05) is 0 Å². The third kappa shape index (κ3) is 2.94. The maximum atomic E-state index is 12.5. The fraction of sp³-hybridized carbons (Fsp3) is 0.444. The van der Waals surface area contributed by atoms with Gasteiger partial charge in [0.05, 0.1) is 11.4 Å². The van der Waals surface area contributed by atoms with Crippen molar-refractivity contribution >= 4 is 17.2 Å². The van der Waals surface area contributed by atoms with E-state index in [0.29, 0.717) is 5.56 Å². The van der Waals surface area contributed by atoms with Gasteiger partial charge in [0.15, 0.2) is 0 Å². The van der Waals surface area contributed by atoms with Crippen LogP contribution in [0.25, 0.3) is 0 Å². The van der Waals surface area contributed by atoms with Crippen molar-refractivity contribution in [3.63, 3.8) is 0 Å². The zero-order chi connectivity index (χ0) is 12.3. The van der Waals surface area contributed by atoms with Crippen molar-refractivity contribution in [3.8, 4) is 0 Å². The second-order valence-corrected chi connectivity index (χ2v) is 4.09. The average Bonchev–Trinajstić information content (AvgIpc) is 2.61. The Labute approximate surface area is 93.3 Å². The summed E-state index contributed by atoms with van der Waals surface area (Å²) in [7, 11) is 0. The molecule has 1 N–H and O–H groups in total. The molecular formula is C9H9F4NOS. The first-order chi connectivity index (χ1) is 7.34. The number of carbonyl (C=O) groups is 1. The van der Waals surface area contributed by atoms with Gasteiger partial charge < -0.3 is 5.32 Å². The molecule has 0 aliphatic rings. The Balaban J connectivity index is 2.58. The maximum absolute atomic E-state index is 12.5. The van der Waals surface area contributed by atoms with Crippen LogP contribution in [0.3, 0.4) is 0 Å². The van der Waals surface area contributed by atoms with Crippen LogP contribution < -0.4 is 5.32 Å². The van der Waals surface area contributed by atoms with Gasteiger partial charge in [0.1, 0.15) is 0 Å². The Bertz CT molecular complexity index is 377. The number of nitrogens with one attached hydrogen (secondary N) is 1. The van der Waals surface area contributed by atoms with Crippen molar-refractivity contribution in [2.75, 3.05) is 6.54 Å². The van der Waals surface area contributed by atoms with Crippen molar-refractivity contribution in [2.45, 2.75) is 19.3 Å². The highest BCUT2D eigenvalue weighted by molar-refractivity contribution is 7.12. The molecule has 1 rings (SSSR count). The Kier molecular flexibility index (Phi) is 3.90. The number of hydrogen-bond donors (Lipinski definition) is 1. The summed E-state index contributed by atoms with van der Waals surface area (Å²) in [5.74, 6) is -4.95. The van der Waals surface area contributed by atoms with Crippen LogP contribution in [-0.2, 0) is 0 Å². The minimum absolute atomic E-state index is 0.255. The predicted molar refractivity (Wildman–Crippen MR) is 52.3 cm³/mol. The number of aryl methyl sites for hydroxylation is 1. The Hall–Kier alpha value is -1.11. The predicted octanol–water partition coefficient (Wildman–Crippen LogP) is 2.69. The van der Waals surface area contributed by atoms with Crippen LogP contribution in [0.4, 0.5) is 17.6 Å². The lowest BCUT2D eigenvalue weighted by atomic mass is 10.2. The largest absolute Gasteiger partial charge is 0.345 e. The molecule has 0 bridgehead atoms. The fourth-order valence-electron chi connectivity index (χ4n) is 0.961. The Morgan fingerprint density at radius 3 is 2.62 bits per heavy atom. The molecular weight excluding hydrogens is 246 g/mol. The first-order valence-corrected chi connectivity index (χ1v) is 5.21. The molecule has 1 aromatic rings. The van der Waals surface area contributed by atoms with E-state index in [2.05, 4.69) is 0 Å². The van der Waals surface area contributed by atoms with Gasteiger partial charge in [-0.05, 0) is 23.9 Å². The van der Waals surface area contributed by atoms with Gasteiger partial charge in [-0.25, -0.2) is 8.78 Å². The first-order valence-electron chi connectivity index (χ1n) is 4.33. The summed E-state index contributed by atoms with van der Waals surface area (Å²) in [4.78, 5) is 11.6. The molecule has 1 heterocycles. The number of rotatable bonds is 4. The second-order valence-electron chi connectivity index (χ2n) is 3.18. The summed E-state index contributed by atoms with van der Waals surface area (Å²) in [6.45, 7) is 0.275. The van der Waals surface area contributed by atoms with E-state index in [1.807, 2.05) is 0 Å². The normalized spacial score (nSPS) is 11.9.